The molecular formula is C57H95N5O3. The zero-order valence-electron chi connectivity index (χ0n) is 46.1. The van der Waals surface area contributed by atoms with Crippen molar-refractivity contribution in [2.24, 2.45) is 32.0 Å². The lowest BCUT2D eigenvalue weighted by atomic mass is 9.73. The highest BCUT2D eigenvalue weighted by Gasteiger charge is 2.35. The molecule has 65 heavy (non-hydrogen) atoms. The Labute approximate surface area is 398 Å². The van der Waals surface area contributed by atoms with Crippen LogP contribution in [0.2, 0.25) is 0 Å². The van der Waals surface area contributed by atoms with Crippen LogP contribution < -0.4 is 11.1 Å². The van der Waals surface area contributed by atoms with Gasteiger partial charge in [-0.25, -0.2) is 4.68 Å². The van der Waals surface area contributed by atoms with E-state index >= 15 is 0 Å². The predicted octanol–water partition coefficient (Wildman–Crippen LogP) is 13.8. The highest BCUT2D eigenvalue weighted by atomic mass is 16.1. The normalized spacial score (nSPS) is 13.9. The lowest BCUT2D eigenvalue weighted by molar-refractivity contribution is -0.113. The van der Waals surface area contributed by atoms with Crippen LogP contribution in [0, 0.1) is 22.2 Å². The number of carbonyl (C=O) groups excluding carboxylic acids is 1. The van der Waals surface area contributed by atoms with E-state index in [9.17, 15) is 19.6 Å². The van der Waals surface area contributed by atoms with Gasteiger partial charge in [0.25, 0.3) is 11.1 Å². The van der Waals surface area contributed by atoms with Crippen LogP contribution in [0.15, 0.2) is 56.9 Å². The predicted molar refractivity (Wildman–Crippen MR) is 280 cm³/mol. The van der Waals surface area contributed by atoms with Crippen LogP contribution in [0.4, 0.5) is 0 Å². The Balaban J connectivity index is 0.000000836. The monoisotopic (exact) mass is 898 g/mol. The van der Waals surface area contributed by atoms with Gasteiger partial charge in [-0.1, -0.05) is 180 Å². The fourth-order valence-corrected chi connectivity index (χ4v) is 8.03. The Morgan fingerprint density at radius 2 is 0.969 bits per heavy atom. The molecule has 0 saturated carbocycles. The molecule has 0 atom stereocenters. The second-order valence-corrected chi connectivity index (χ2v) is 26.1. The molecule has 3 aromatic rings. The number of allylic oxidation sites excluding steroid dienone is 4. The summed E-state index contributed by atoms with van der Waals surface area (Å²) < 4.78 is 5.02. The minimum Gasteiger partial charge on any atom is -0.342 e. The van der Waals surface area contributed by atoms with Gasteiger partial charge in [0, 0.05) is 56.7 Å². The van der Waals surface area contributed by atoms with E-state index in [0.717, 1.165) is 34.5 Å². The molecule has 1 aliphatic rings. The van der Waals surface area contributed by atoms with Crippen molar-refractivity contribution in [2.45, 2.75) is 219 Å². The first-order chi connectivity index (χ1) is 28.2. The third-order valence-corrected chi connectivity index (χ3v) is 11.4. The van der Waals surface area contributed by atoms with Crippen LogP contribution in [0.5, 0.6) is 0 Å². The van der Waals surface area contributed by atoms with Crippen LogP contribution in [-0.4, -0.2) is 24.7 Å². The van der Waals surface area contributed by atoms with E-state index in [2.05, 4.69) is 190 Å². The second-order valence-electron chi connectivity index (χ2n) is 26.1. The minimum atomic E-state index is -0.0525. The summed E-state index contributed by atoms with van der Waals surface area (Å²) in [5.74, 6) is 0.223. The molecule has 8 nitrogen and oxygen atoms in total. The SMILES string of the molecule is C.CC(=O)C1=C(C(C)(C)C)C(C(C)(C)C)=CC1.Cn1cc(C(C)(C)C)c(C(C)(C)C)c1C#N.Cn1cc(C(C)(C)C)c(C(C)(C)C)cc1=O.Cn1nc(C(C)(C)C)c(C(C)(C)C)cc1=O. The first-order valence-corrected chi connectivity index (χ1v) is 23.1. The van der Waals surface area contributed by atoms with E-state index in [0.29, 0.717) is 0 Å². The lowest BCUT2D eigenvalue weighted by Crippen LogP contribution is -2.31. The zero-order valence-corrected chi connectivity index (χ0v) is 46.1. The second kappa shape index (κ2) is 20.7. The number of aryl methyl sites for hydroxylation is 3. The van der Waals surface area contributed by atoms with Crippen molar-refractivity contribution in [2.75, 3.05) is 0 Å². The van der Waals surface area contributed by atoms with Gasteiger partial charge in [-0.2, -0.15) is 10.4 Å². The van der Waals surface area contributed by atoms with Gasteiger partial charge in [0.1, 0.15) is 11.8 Å². The van der Waals surface area contributed by atoms with E-state index in [1.54, 1.807) is 30.7 Å². The molecule has 0 aliphatic heterocycles. The molecule has 1 aliphatic carbocycles. The summed E-state index contributed by atoms with van der Waals surface area (Å²) in [7, 11) is 5.46. The molecule has 0 unspecified atom stereocenters. The number of hydrogen-bond donors (Lipinski definition) is 0. The largest absolute Gasteiger partial charge is 0.342 e. The van der Waals surface area contributed by atoms with E-state index < -0.39 is 0 Å². The summed E-state index contributed by atoms with van der Waals surface area (Å²) >= 11 is 0. The van der Waals surface area contributed by atoms with Gasteiger partial charge < -0.3 is 9.13 Å². The Morgan fingerprint density at radius 1 is 0.554 bits per heavy atom. The van der Waals surface area contributed by atoms with Gasteiger partial charge >= 0.3 is 0 Å². The number of aromatic nitrogens is 4. The molecule has 0 bridgehead atoms. The highest BCUT2D eigenvalue weighted by Crippen LogP contribution is 2.47. The molecule has 0 aromatic carbocycles. The Morgan fingerprint density at radius 3 is 1.31 bits per heavy atom. The number of ketones is 1. The Bertz CT molecular complexity index is 2270. The van der Waals surface area contributed by atoms with Gasteiger partial charge in [0.15, 0.2) is 5.78 Å². The third kappa shape index (κ3) is 16.2. The van der Waals surface area contributed by atoms with Gasteiger partial charge in [0.05, 0.1) is 5.69 Å². The van der Waals surface area contributed by atoms with E-state index in [-0.39, 0.29) is 67.6 Å². The van der Waals surface area contributed by atoms with Crippen molar-refractivity contribution in [3.8, 4) is 6.07 Å². The molecule has 0 saturated heterocycles. The molecule has 0 N–H and O–H groups in total. The van der Waals surface area contributed by atoms with Crippen molar-refractivity contribution in [1.29, 1.82) is 5.26 Å². The molecule has 0 amide bonds. The molecule has 0 radical (unpaired) electrons. The summed E-state index contributed by atoms with van der Waals surface area (Å²) in [4.78, 5) is 35.1. The summed E-state index contributed by atoms with van der Waals surface area (Å²) in [5, 5.41) is 13.7. The Hall–Kier alpha value is -4.25. The van der Waals surface area contributed by atoms with Crippen molar-refractivity contribution in [1.82, 2.24) is 18.9 Å². The highest BCUT2D eigenvalue weighted by molar-refractivity contribution is 5.96. The topological polar surface area (TPSA) is 103 Å². The number of carbonyl (C=O) groups is 1. The number of hydrogen-bond acceptors (Lipinski definition) is 5. The Kier molecular flexibility index (Phi) is 19.4. The molecule has 4 rings (SSSR count). The summed E-state index contributed by atoms with van der Waals surface area (Å²) in [5.41, 5.74) is 11.6. The van der Waals surface area contributed by atoms with Gasteiger partial charge in [0.2, 0.25) is 0 Å². The third-order valence-electron chi connectivity index (χ3n) is 11.4. The average Bonchev–Trinajstić information content (AvgIpc) is 3.69. The fourth-order valence-electron chi connectivity index (χ4n) is 8.03. The lowest BCUT2D eigenvalue weighted by Gasteiger charge is -2.32. The molecule has 8 heteroatoms. The number of rotatable bonds is 1. The van der Waals surface area contributed by atoms with Gasteiger partial charge in [-0.3, -0.25) is 14.4 Å². The first kappa shape index (κ1) is 60.8. The van der Waals surface area contributed by atoms with Crippen molar-refractivity contribution in [3.63, 3.8) is 0 Å². The standard InChI is InChI=1S/C15H24O.C14H22N2.C14H23NO.C13H22N2O.CH4/c1-10(16)11-8-9-12(14(2,3)4)13(11)15(5,6)7;1-13(2,3)10-9-16(7)11(8-15)12(10)14(4,5)6;1-13(2,3)10-8-12(16)15(7)9-11(10)14(4,5)6;1-12(2,3)9-8-10(16)15(7)14-11(9)13(4,5)6;/h9H,8H2,1-7H3;9H,1-7H3;8-9H,1-7H3;8H,1-7H3;1H4. The number of pyridine rings is 1. The maximum absolute atomic E-state index is 11.7. The molecule has 0 fully saturated rings. The smallest absolute Gasteiger partial charge is 0.266 e. The average molecular weight is 898 g/mol. The van der Waals surface area contributed by atoms with Crippen LogP contribution >= 0.6 is 0 Å². The van der Waals surface area contributed by atoms with Crippen molar-refractivity contribution >= 4 is 5.78 Å². The molecule has 3 aromatic heterocycles. The van der Waals surface area contributed by atoms with Gasteiger partial charge in [-0.05, 0) is 90.2 Å². The van der Waals surface area contributed by atoms with Crippen LogP contribution in [0.3, 0.4) is 0 Å². The van der Waals surface area contributed by atoms with Crippen LogP contribution in [-0.2, 0) is 58.4 Å². The van der Waals surface area contributed by atoms with Crippen molar-refractivity contribution < 1.29 is 4.79 Å². The quantitative estimate of drug-likeness (QED) is 0.242. The first-order valence-electron chi connectivity index (χ1n) is 23.1. The number of nitrogens with zero attached hydrogens (tertiary/aromatic N) is 5. The maximum Gasteiger partial charge on any atom is 0.266 e. The van der Waals surface area contributed by atoms with Crippen LogP contribution in [0.1, 0.15) is 226 Å². The van der Waals surface area contributed by atoms with Gasteiger partial charge in [-0.15, -0.1) is 0 Å². The molecular weight excluding hydrogens is 803 g/mol. The van der Waals surface area contributed by atoms with Crippen LogP contribution in [0.25, 0.3) is 0 Å². The summed E-state index contributed by atoms with van der Waals surface area (Å²) in [6.45, 7) is 53.7. The minimum absolute atomic E-state index is 0. The van der Waals surface area contributed by atoms with E-state index in [1.807, 2.05) is 24.9 Å². The molecule has 366 valence electrons. The van der Waals surface area contributed by atoms with E-state index in [4.69, 9.17) is 0 Å². The zero-order chi connectivity index (χ0) is 50.9. The van der Waals surface area contributed by atoms with E-state index in [1.165, 1.54) is 32.5 Å². The number of Topliss-reactive ketones (excluding diaryl/α,β-unsaturated/α-hetero) is 1. The number of nitriles is 1. The molecule has 3 heterocycles. The maximum atomic E-state index is 11.7. The van der Waals surface area contributed by atoms with Crippen molar-refractivity contribution in [3.05, 3.63) is 107 Å². The fraction of sp³-hybridized carbons (Fsp3) is 0.667. The molecule has 0 spiro atoms. The summed E-state index contributed by atoms with van der Waals surface area (Å²) in [6, 6.07) is 5.82. The summed E-state index contributed by atoms with van der Waals surface area (Å²) in [6.07, 6.45) is 7.12.